The monoisotopic (exact) mass is 252 g/mol. The molecule has 0 bridgehead atoms. The van der Waals surface area contributed by atoms with Gasteiger partial charge < -0.3 is 0 Å². The smallest absolute Gasteiger partial charge is 0.261 e. The first-order valence-electron chi connectivity index (χ1n) is 4.33. The molecule has 0 unspecified atom stereocenters. The van der Waals surface area contributed by atoms with Crippen LogP contribution in [0.1, 0.15) is 0 Å². The number of aromatic nitrogens is 2. The van der Waals surface area contributed by atoms with Crippen LogP contribution in [-0.4, -0.2) is 14.9 Å². The minimum Gasteiger partial charge on any atom is -0.298 e. The van der Waals surface area contributed by atoms with Crippen molar-refractivity contribution in [1.29, 1.82) is 0 Å². The number of hydrogen-bond donors (Lipinski definition) is 0. The van der Waals surface area contributed by atoms with Crippen LogP contribution in [0, 0.1) is 0 Å². The van der Waals surface area contributed by atoms with Gasteiger partial charge in [-0.1, -0.05) is 28.1 Å². The molecular weight excluding hydrogens is 244 g/mol. The molecular formula is C10H9BrN2O. The fourth-order valence-corrected chi connectivity index (χ4v) is 1.74. The van der Waals surface area contributed by atoms with Crippen molar-refractivity contribution in [2.75, 3.05) is 5.33 Å². The Kier molecular flexibility index (Phi) is 2.63. The molecule has 0 aliphatic rings. The minimum atomic E-state index is 0.0232. The van der Waals surface area contributed by atoms with Crippen molar-refractivity contribution < 1.29 is 0 Å². The van der Waals surface area contributed by atoms with Crippen LogP contribution in [0.15, 0.2) is 35.4 Å². The average molecular weight is 253 g/mol. The number of aryl methyl sites for hydroxylation is 1. The Morgan fingerprint density at radius 2 is 2.14 bits per heavy atom. The van der Waals surface area contributed by atoms with E-state index in [9.17, 15) is 4.79 Å². The zero-order valence-corrected chi connectivity index (χ0v) is 9.07. The van der Waals surface area contributed by atoms with Crippen LogP contribution in [0.25, 0.3) is 10.9 Å². The number of nitrogens with zero attached hydrogens (tertiary/aromatic N) is 2. The lowest BCUT2D eigenvalue weighted by Gasteiger charge is -2.03. The summed E-state index contributed by atoms with van der Waals surface area (Å²) in [5.41, 5.74) is 0.776. The third-order valence-corrected chi connectivity index (χ3v) is 2.41. The average Bonchev–Trinajstić information content (AvgIpc) is 2.23. The van der Waals surface area contributed by atoms with Gasteiger partial charge >= 0.3 is 0 Å². The van der Waals surface area contributed by atoms with Gasteiger partial charge in [-0.25, -0.2) is 4.98 Å². The number of para-hydroxylation sites is 1. The second-order valence-corrected chi connectivity index (χ2v) is 3.74. The lowest BCUT2D eigenvalue weighted by molar-refractivity contribution is 0.728. The Morgan fingerprint density at radius 1 is 1.36 bits per heavy atom. The standard InChI is InChI=1S/C10H9BrN2O/c11-5-6-13-7-12-9-4-2-1-3-8(9)10(13)14/h1-4,7H,5-6H2. The summed E-state index contributed by atoms with van der Waals surface area (Å²) in [6, 6.07) is 7.37. The highest BCUT2D eigenvalue weighted by atomic mass is 79.9. The van der Waals surface area contributed by atoms with E-state index in [1.807, 2.05) is 18.2 Å². The Bertz CT molecular complexity index is 507. The van der Waals surface area contributed by atoms with Crippen molar-refractivity contribution in [2.24, 2.45) is 0 Å². The normalized spacial score (nSPS) is 10.6. The molecule has 72 valence electrons. The van der Waals surface area contributed by atoms with E-state index >= 15 is 0 Å². The predicted molar refractivity (Wildman–Crippen MR) is 59.8 cm³/mol. The zero-order chi connectivity index (χ0) is 9.97. The van der Waals surface area contributed by atoms with E-state index in [-0.39, 0.29) is 5.56 Å². The number of halogens is 1. The third-order valence-electron chi connectivity index (χ3n) is 2.06. The van der Waals surface area contributed by atoms with Gasteiger partial charge in [0.1, 0.15) is 0 Å². The first-order chi connectivity index (χ1) is 6.83. The Hall–Kier alpha value is -1.16. The summed E-state index contributed by atoms with van der Waals surface area (Å²) in [7, 11) is 0. The molecule has 1 heterocycles. The highest BCUT2D eigenvalue weighted by molar-refractivity contribution is 9.09. The molecule has 1 aromatic carbocycles. The van der Waals surface area contributed by atoms with Gasteiger partial charge in [0.15, 0.2) is 0 Å². The minimum absolute atomic E-state index is 0.0232. The van der Waals surface area contributed by atoms with Crippen LogP contribution >= 0.6 is 15.9 Å². The van der Waals surface area contributed by atoms with Crippen molar-refractivity contribution >= 4 is 26.8 Å². The molecule has 0 spiro atoms. The van der Waals surface area contributed by atoms with Gasteiger partial charge in [-0.3, -0.25) is 9.36 Å². The Balaban J connectivity index is 2.69. The number of rotatable bonds is 2. The molecule has 0 amide bonds. The Labute approximate surface area is 89.5 Å². The Morgan fingerprint density at radius 3 is 2.93 bits per heavy atom. The quantitative estimate of drug-likeness (QED) is 0.765. The molecule has 3 nitrogen and oxygen atoms in total. The molecule has 0 saturated carbocycles. The second-order valence-electron chi connectivity index (χ2n) is 2.95. The van der Waals surface area contributed by atoms with Crippen LogP contribution in [0.3, 0.4) is 0 Å². The van der Waals surface area contributed by atoms with Gasteiger partial charge in [0.25, 0.3) is 5.56 Å². The maximum atomic E-state index is 11.8. The summed E-state index contributed by atoms with van der Waals surface area (Å²) in [5, 5.41) is 1.43. The summed E-state index contributed by atoms with van der Waals surface area (Å²) in [4.78, 5) is 16.0. The molecule has 2 aromatic rings. The molecule has 0 aliphatic carbocycles. The van der Waals surface area contributed by atoms with Crippen molar-refractivity contribution in [1.82, 2.24) is 9.55 Å². The number of alkyl halides is 1. The van der Waals surface area contributed by atoms with E-state index in [1.54, 1.807) is 17.0 Å². The first kappa shape index (κ1) is 9.40. The predicted octanol–water partition coefficient (Wildman–Crippen LogP) is 1.79. The largest absolute Gasteiger partial charge is 0.298 e. The van der Waals surface area contributed by atoms with E-state index in [2.05, 4.69) is 20.9 Å². The SMILES string of the molecule is O=c1c2ccccc2ncn1CCBr. The van der Waals surface area contributed by atoms with Gasteiger partial charge in [-0.15, -0.1) is 0 Å². The summed E-state index contributed by atoms with van der Waals surface area (Å²) in [5.74, 6) is 0. The van der Waals surface area contributed by atoms with E-state index in [0.717, 1.165) is 10.8 Å². The zero-order valence-electron chi connectivity index (χ0n) is 7.48. The van der Waals surface area contributed by atoms with Crippen LogP contribution in [0.5, 0.6) is 0 Å². The van der Waals surface area contributed by atoms with Gasteiger partial charge in [0, 0.05) is 11.9 Å². The lowest BCUT2D eigenvalue weighted by Crippen LogP contribution is -2.21. The molecule has 0 atom stereocenters. The summed E-state index contributed by atoms with van der Waals surface area (Å²) in [6.45, 7) is 0.649. The molecule has 2 rings (SSSR count). The number of fused-ring (bicyclic) bond motifs is 1. The highest BCUT2D eigenvalue weighted by Crippen LogP contribution is 2.04. The second kappa shape index (κ2) is 3.92. The summed E-state index contributed by atoms with van der Waals surface area (Å²) < 4.78 is 1.61. The van der Waals surface area contributed by atoms with Crippen molar-refractivity contribution in [3.05, 3.63) is 40.9 Å². The summed E-state index contributed by atoms with van der Waals surface area (Å²) >= 11 is 3.30. The third kappa shape index (κ3) is 1.57. The van der Waals surface area contributed by atoms with Crippen molar-refractivity contribution in [3.63, 3.8) is 0 Å². The fourth-order valence-electron chi connectivity index (χ4n) is 1.36. The first-order valence-corrected chi connectivity index (χ1v) is 5.45. The van der Waals surface area contributed by atoms with Crippen LogP contribution in [-0.2, 0) is 6.54 Å². The van der Waals surface area contributed by atoms with Crippen molar-refractivity contribution in [3.8, 4) is 0 Å². The fraction of sp³-hybridized carbons (Fsp3) is 0.200. The molecule has 4 heteroatoms. The molecule has 0 radical (unpaired) electrons. The van der Waals surface area contributed by atoms with Gasteiger partial charge in [-0.2, -0.15) is 0 Å². The van der Waals surface area contributed by atoms with Gasteiger partial charge in [0.05, 0.1) is 17.2 Å². The van der Waals surface area contributed by atoms with Crippen LogP contribution in [0.2, 0.25) is 0 Å². The van der Waals surface area contributed by atoms with E-state index < -0.39 is 0 Å². The molecule has 0 aliphatic heterocycles. The molecule has 1 aromatic heterocycles. The molecule has 14 heavy (non-hydrogen) atoms. The van der Waals surface area contributed by atoms with Crippen LogP contribution < -0.4 is 5.56 Å². The summed E-state index contributed by atoms with van der Waals surface area (Å²) in [6.07, 6.45) is 1.59. The molecule has 0 saturated heterocycles. The van der Waals surface area contributed by atoms with E-state index in [1.165, 1.54) is 0 Å². The van der Waals surface area contributed by atoms with E-state index in [4.69, 9.17) is 0 Å². The van der Waals surface area contributed by atoms with Gasteiger partial charge in [0.2, 0.25) is 0 Å². The number of hydrogen-bond acceptors (Lipinski definition) is 2. The van der Waals surface area contributed by atoms with Gasteiger partial charge in [-0.05, 0) is 12.1 Å². The topological polar surface area (TPSA) is 34.9 Å². The number of benzene rings is 1. The highest BCUT2D eigenvalue weighted by Gasteiger charge is 2.01. The van der Waals surface area contributed by atoms with Crippen LogP contribution in [0.4, 0.5) is 0 Å². The molecule has 0 fully saturated rings. The molecule has 0 N–H and O–H groups in total. The maximum Gasteiger partial charge on any atom is 0.261 e. The lowest BCUT2D eigenvalue weighted by atomic mass is 10.2. The van der Waals surface area contributed by atoms with Crippen molar-refractivity contribution in [2.45, 2.75) is 6.54 Å². The van der Waals surface area contributed by atoms with E-state index in [0.29, 0.717) is 11.9 Å². The maximum absolute atomic E-state index is 11.8.